The number of aromatic nitrogens is 3. The van der Waals surface area contributed by atoms with Crippen molar-refractivity contribution in [1.82, 2.24) is 14.7 Å². The summed E-state index contributed by atoms with van der Waals surface area (Å²) in [6.45, 7) is 0. The van der Waals surface area contributed by atoms with E-state index in [2.05, 4.69) is 14.7 Å². The van der Waals surface area contributed by atoms with Crippen molar-refractivity contribution < 1.29 is 9.32 Å². The fraction of sp³-hybridized carbons (Fsp3) is 0.231. The summed E-state index contributed by atoms with van der Waals surface area (Å²) in [5, 5.41) is 7.75. The summed E-state index contributed by atoms with van der Waals surface area (Å²) < 4.78 is 10.1. The van der Waals surface area contributed by atoms with Gasteiger partial charge in [0.05, 0.1) is 16.5 Å². The molecule has 2 aromatic heterocycles. The Morgan fingerprint density at radius 1 is 1.37 bits per heavy atom. The van der Waals surface area contributed by atoms with Gasteiger partial charge in [-0.25, -0.2) is 0 Å². The Morgan fingerprint density at radius 2 is 2.26 bits per heavy atom. The number of benzene rings is 1. The Kier molecular flexibility index (Phi) is 2.25. The predicted octanol–water partition coefficient (Wildman–Crippen LogP) is 2.79. The van der Waals surface area contributed by atoms with Gasteiger partial charge in [0, 0.05) is 11.5 Å². The number of carbonyl (C=O) groups is 1. The van der Waals surface area contributed by atoms with Crippen LogP contribution in [0, 0.1) is 0 Å². The van der Waals surface area contributed by atoms with E-state index in [-0.39, 0.29) is 5.78 Å². The predicted molar refractivity (Wildman–Crippen MR) is 69.3 cm³/mol. The van der Waals surface area contributed by atoms with E-state index in [0.717, 1.165) is 28.8 Å². The highest BCUT2D eigenvalue weighted by molar-refractivity contribution is 7.12. The number of rotatable bonds is 3. The van der Waals surface area contributed by atoms with Crippen LogP contribution in [-0.4, -0.2) is 20.5 Å². The maximum Gasteiger partial charge on any atom is 0.198 e. The van der Waals surface area contributed by atoms with Gasteiger partial charge in [0.2, 0.25) is 0 Å². The molecule has 1 aliphatic rings. The number of hydrogen-bond donors (Lipinski definition) is 0. The van der Waals surface area contributed by atoms with E-state index in [1.165, 1.54) is 17.7 Å². The second-order valence-corrected chi connectivity index (χ2v) is 5.45. The molecule has 6 heteroatoms. The lowest BCUT2D eigenvalue weighted by molar-refractivity contribution is 0.103. The van der Waals surface area contributed by atoms with Crippen LogP contribution in [0.2, 0.25) is 0 Å². The van der Waals surface area contributed by atoms with Crippen molar-refractivity contribution >= 4 is 27.5 Å². The van der Waals surface area contributed by atoms with Gasteiger partial charge < -0.3 is 4.52 Å². The SMILES string of the molecule is O=C(c1ccc2snnc2c1)c1cnoc1C1CC1. The molecule has 5 nitrogen and oxygen atoms in total. The first-order chi connectivity index (χ1) is 9.33. The van der Waals surface area contributed by atoms with Crippen LogP contribution in [0.4, 0.5) is 0 Å². The lowest BCUT2D eigenvalue weighted by Gasteiger charge is -1.99. The molecule has 0 bridgehead atoms. The largest absolute Gasteiger partial charge is 0.360 e. The third-order valence-electron chi connectivity index (χ3n) is 3.30. The molecule has 0 aliphatic heterocycles. The highest BCUT2D eigenvalue weighted by Gasteiger charge is 2.32. The normalized spacial score (nSPS) is 14.9. The molecule has 0 amide bonds. The van der Waals surface area contributed by atoms with Crippen LogP contribution in [-0.2, 0) is 0 Å². The van der Waals surface area contributed by atoms with Crippen molar-refractivity contribution in [3.8, 4) is 0 Å². The molecule has 1 aromatic carbocycles. The molecular weight excluding hydrogens is 262 g/mol. The number of hydrogen-bond acceptors (Lipinski definition) is 6. The fourth-order valence-corrected chi connectivity index (χ4v) is 2.68. The average Bonchev–Trinajstić information content (AvgIpc) is 3.00. The average molecular weight is 271 g/mol. The topological polar surface area (TPSA) is 68.9 Å². The standard InChI is InChI=1S/C13H9N3O2S/c17-12(9-6-14-18-13(9)7-1-2-7)8-3-4-11-10(5-8)15-16-19-11/h3-7H,1-2H2. The van der Waals surface area contributed by atoms with Crippen molar-refractivity contribution in [3.63, 3.8) is 0 Å². The highest BCUT2D eigenvalue weighted by atomic mass is 32.1. The maximum absolute atomic E-state index is 12.5. The van der Waals surface area contributed by atoms with Gasteiger partial charge in [0.25, 0.3) is 0 Å². The van der Waals surface area contributed by atoms with Crippen LogP contribution in [0.1, 0.15) is 40.4 Å². The van der Waals surface area contributed by atoms with Crippen LogP contribution < -0.4 is 0 Å². The first-order valence-corrected chi connectivity index (χ1v) is 6.81. The van der Waals surface area contributed by atoms with Crippen LogP contribution in [0.5, 0.6) is 0 Å². The Bertz CT molecular complexity index is 773. The zero-order valence-electron chi connectivity index (χ0n) is 9.87. The molecule has 0 spiro atoms. The minimum atomic E-state index is -0.0574. The molecule has 0 N–H and O–H groups in total. The molecule has 0 unspecified atom stereocenters. The molecule has 0 atom stereocenters. The summed E-state index contributed by atoms with van der Waals surface area (Å²) in [5.41, 5.74) is 1.93. The lowest BCUT2D eigenvalue weighted by atomic mass is 10.0. The first kappa shape index (κ1) is 10.8. The molecule has 4 rings (SSSR count). The van der Waals surface area contributed by atoms with E-state index in [1.807, 2.05) is 6.07 Å². The molecular formula is C13H9N3O2S. The molecule has 2 heterocycles. The molecule has 0 saturated heterocycles. The van der Waals surface area contributed by atoms with Gasteiger partial charge in [-0.1, -0.05) is 9.64 Å². The molecule has 1 saturated carbocycles. The zero-order chi connectivity index (χ0) is 12.8. The smallest absolute Gasteiger partial charge is 0.198 e. The summed E-state index contributed by atoms with van der Waals surface area (Å²) in [6.07, 6.45) is 3.66. The molecule has 1 aliphatic carbocycles. The minimum absolute atomic E-state index is 0.0574. The van der Waals surface area contributed by atoms with E-state index in [0.29, 0.717) is 17.0 Å². The van der Waals surface area contributed by atoms with E-state index in [4.69, 9.17) is 4.52 Å². The van der Waals surface area contributed by atoms with Crippen molar-refractivity contribution in [3.05, 3.63) is 41.3 Å². The molecule has 94 valence electrons. The maximum atomic E-state index is 12.5. The minimum Gasteiger partial charge on any atom is -0.360 e. The van der Waals surface area contributed by atoms with Crippen molar-refractivity contribution in [2.45, 2.75) is 18.8 Å². The van der Waals surface area contributed by atoms with Gasteiger partial charge >= 0.3 is 0 Å². The van der Waals surface area contributed by atoms with Gasteiger partial charge in [-0.2, -0.15) is 0 Å². The van der Waals surface area contributed by atoms with Crippen molar-refractivity contribution in [2.24, 2.45) is 0 Å². The van der Waals surface area contributed by atoms with Crippen molar-refractivity contribution in [2.75, 3.05) is 0 Å². The van der Waals surface area contributed by atoms with E-state index in [1.54, 1.807) is 12.1 Å². The number of carbonyl (C=O) groups excluding carboxylic acids is 1. The summed E-state index contributed by atoms with van der Waals surface area (Å²) in [6, 6.07) is 5.44. The lowest BCUT2D eigenvalue weighted by Crippen LogP contribution is -2.02. The van der Waals surface area contributed by atoms with Crippen LogP contribution in [0.3, 0.4) is 0 Å². The van der Waals surface area contributed by atoms with Gasteiger partial charge in [-0.05, 0) is 42.6 Å². The van der Waals surface area contributed by atoms with Crippen LogP contribution >= 0.6 is 11.5 Å². The summed E-state index contributed by atoms with van der Waals surface area (Å²) in [7, 11) is 0. The third kappa shape index (κ3) is 1.76. The second-order valence-electron chi connectivity index (χ2n) is 4.66. The molecule has 3 aromatic rings. The van der Waals surface area contributed by atoms with Gasteiger partial charge in [-0.3, -0.25) is 4.79 Å². The summed E-state index contributed by atoms with van der Waals surface area (Å²) >= 11 is 1.32. The Hall–Kier alpha value is -2.08. The van der Waals surface area contributed by atoms with E-state index >= 15 is 0 Å². The Labute approximate surface area is 112 Å². The Balaban J connectivity index is 1.77. The molecule has 1 fully saturated rings. The quantitative estimate of drug-likeness (QED) is 0.685. The zero-order valence-corrected chi connectivity index (χ0v) is 10.7. The molecule has 0 radical (unpaired) electrons. The van der Waals surface area contributed by atoms with Crippen molar-refractivity contribution in [1.29, 1.82) is 0 Å². The third-order valence-corrected chi connectivity index (χ3v) is 4.01. The van der Waals surface area contributed by atoms with Crippen LogP contribution in [0.25, 0.3) is 10.2 Å². The number of ketones is 1. The Morgan fingerprint density at radius 3 is 3.11 bits per heavy atom. The highest BCUT2D eigenvalue weighted by Crippen LogP contribution is 2.42. The van der Waals surface area contributed by atoms with E-state index in [9.17, 15) is 4.79 Å². The summed E-state index contributed by atoms with van der Waals surface area (Å²) in [5.74, 6) is 1.03. The number of nitrogens with zero attached hydrogens (tertiary/aromatic N) is 3. The fourth-order valence-electron chi connectivity index (χ4n) is 2.14. The first-order valence-electron chi connectivity index (χ1n) is 6.04. The van der Waals surface area contributed by atoms with Gasteiger partial charge in [-0.15, -0.1) is 5.10 Å². The van der Waals surface area contributed by atoms with Gasteiger partial charge in [0.15, 0.2) is 11.5 Å². The summed E-state index contributed by atoms with van der Waals surface area (Å²) in [4.78, 5) is 12.5. The number of fused-ring (bicyclic) bond motifs is 1. The van der Waals surface area contributed by atoms with Gasteiger partial charge in [0.1, 0.15) is 5.52 Å². The van der Waals surface area contributed by atoms with Crippen LogP contribution in [0.15, 0.2) is 28.9 Å². The second kappa shape index (κ2) is 3.96. The van der Waals surface area contributed by atoms with E-state index < -0.39 is 0 Å². The molecule has 19 heavy (non-hydrogen) atoms. The monoisotopic (exact) mass is 271 g/mol.